The highest BCUT2D eigenvalue weighted by atomic mass is 16.5. The molecule has 0 amide bonds. The lowest BCUT2D eigenvalue weighted by atomic mass is 9.69. The van der Waals surface area contributed by atoms with E-state index in [2.05, 4.69) is 0 Å². The topological polar surface area (TPSA) is 71.1 Å². The average molecular weight is 410 g/mol. The van der Waals surface area contributed by atoms with Crippen molar-refractivity contribution in [3.05, 3.63) is 41.5 Å². The molecule has 30 heavy (non-hydrogen) atoms. The molecule has 2 aromatic rings. The molecular formula is C24H26O6. The average Bonchev–Trinajstić information content (AvgIpc) is 3.13. The molecule has 158 valence electrons. The van der Waals surface area contributed by atoms with Crippen LogP contribution < -0.4 is 14.2 Å². The number of hydrogen-bond acceptors (Lipinski definition) is 6. The number of Topliss-reactive ketones (excluding diaryl/α,β-unsaturated/α-hetero) is 1. The van der Waals surface area contributed by atoms with Crippen LogP contribution >= 0.6 is 0 Å². The van der Waals surface area contributed by atoms with Gasteiger partial charge in [0.15, 0.2) is 17.3 Å². The number of ether oxygens (including phenoxy) is 4. The van der Waals surface area contributed by atoms with Crippen LogP contribution in [0.3, 0.4) is 0 Å². The van der Waals surface area contributed by atoms with Gasteiger partial charge in [-0.1, -0.05) is 24.6 Å². The molecule has 0 heterocycles. The van der Waals surface area contributed by atoms with E-state index in [1.807, 2.05) is 30.3 Å². The summed E-state index contributed by atoms with van der Waals surface area (Å²) in [7, 11) is 4.54. The van der Waals surface area contributed by atoms with Crippen molar-refractivity contribution in [3.63, 3.8) is 0 Å². The standard InChI is InChI=1S/C24H26O6/c1-27-20-11-9-18(15-6-4-7-17-16(15)8-10-19(17)25)21(22(20)28-2)30-14-24(12-5-13-24)23(26)29-3/h4,6-7,9,11H,5,8,10,12-14H2,1-3H3. The minimum atomic E-state index is -0.630. The quantitative estimate of drug-likeness (QED) is 0.637. The van der Waals surface area contributed by atoms with Crippen LogP contribution in [0.4, 0.5) is 0 Å². The van der Waals surface area contributed by atoms with E-state index in [9.17, 15) is 9.59 Å². The number of rotatable bonds is 7. The Morgan fingerprint density at radius 3 is 2.33 bits per heavy atom. The lowest BCUT2D eigenvalue weighted by molar-refractivity contribution is -0.161. The predicted molar refractivity (Wildman–Crippen MR) is 111 cm³/mol. The van der Waals surface area contributed by atoms with Gasteiger partial charge < -0.3 is 18.9 Å². The van der Waals surface area contributed by atoms with E-state index in [-0.39, 0.29) is 18.4 Å². The van der Waals surface area contributed by atoms with Crippen LogP contribution in [0.1, 0.15) is 41.6 Å². The number of ketones is 1. The Kier molecular flexibility index (Phi) is 5.41. The highest BCUT2D eigenvalue weighted by molar-refractivity contribution is 6.02. The molecule has 0 radical (unpaired) electrons. The molecule has 2 aromatic carbocycles. The summed E-state index contributed by atoms with van der Waals surface area (Å²) in [6.07, 6.45) is 3.65. The third-order valence-corrected chi connectivity index (χ3v) is 6.29. The number of fused-ring (bicyclic) bond motifs is 1. The molecule has 0 unspecified atom stereocenters. The molecule has 2 aliphatic carbocycles. The lowest BCUT2D eigenvalue weighted by Crippen LogP contribution is -2.44. The summed E-state index contributed by atoms with van der Waals surface area (Å²) in [6.45, 7) is 0.199. The van der Waals surface area contributed by atoms with Crippen LogP contribution in [0.2, 0.25) is 0 Å². The van der Waals surface area contributed by atoms with Gasteiger partial charge in [0.25, 0.3) is 0 Å². The molecule has 0 aliphatic heterocycles. The van der Waals surface area contributed by atoms with Crippen LogP contribution in [0, 0.1) is 5.41 Å². The molecule has 1 saturated carbocycles. The summed E-state index contributed by atoms with van der Waals surface area (Å²) in [6, 6.07) is 9.50. The fourth-order valence-electron chi connectivity index (χ4n) is 4.43. The molecule has 0 atom stereocenters. The summed E-state index contributed by atoms with van der Waals surface area (Å²) in [4.78, 5) is 24.6. The Bertz CT molecular complexity index is 989. The van der Waals surface area contributed by atoms with E-state index >= 15 is 0 Å². The van der Waals surface area contributed by atoms with E-state index in [4.69, 9.17) is 18.9 Å². The summed E-state index contributed by atoms with van der Waals surface area (Å²) in [5.41, 5.74) is 2.91. The molecule has 0 aromatic heterocycles. The van der Waals surface area contributed by atoms with Crippen molar-refractivity contribution in [2.24, 2.45) is 5.41 Å². The van der Waals surface area contributed by atoms with Gasteiger partial charge in [-0.3, -0.25) is 9.59 Å². The predicted octanol–water partition coefficient (Wildman–Crippen LogP) is 4.22. The third-order valence-electron chi connectivity index (χ3n) is 6.29. The van der Waals surface area contributed by atoms with Gasteiger partial charge in [-0.25, -0.2) is 0 Å². The van der Waals surface area contributed by atoms with E-state index in [1.165, 1.54) is 7.11 Å². The van der Waals surface area contributed by atoms with E-state index < -0.39 is 5.41 Å². The highest BCUT2D eigenvalue weighted by Gasteiger charge is 2.46. The van der Waals surface area contributed by atoms with Crippen LogP contribution in [0.25, 0.3) is 11.1 Å². The van der Waals surface area contributed by atoms with Gasteiger partial charge in [-0.2, -0.15) is 0 Å². The van der Waals surface area contributed by atoms with Gasteiger partial charge in [0.1, 0.15) is 12.0 Å². The smallest absolute Gasteiger partial charge is 0.315 e. The minimum Gasteiger partial charge on any atom is -0.493 e. The van der Waals surface area contributed by atoms with E-state index in [1.54, 1.807) is 14.2 Å². The van der Waals surface area contributed by atoms with Crippen molar-refractivity contribution >= 4 is 11.8 Å². The van der Waals surface area contributed by atoms with Crippen molar-refractivity contribution in [2.45, 2.75) is 32.1 Å². The lowest BCUT2D eigenvalue weighted by Gasteiger charge is -2.38. The number of carbonyl (C=O) groups excluding carboxylic acids is 2. The number of benzene rings is 2. The molecule has 1 fully saturated rings. The van der Waals surface area contributed by atoms with Gasteiger partial charge in [-0.05, 0) is 42.5 Å². The fraction of sp³-hybridized carbons (Fsp3) is 0.417. The Morgan fingerprint density at radius 1 is 0.933 bits per heavy atom. The third kappa shape index (κ3) is 3.20. The number of hydrogen-bond donors (Lipinski definition) is 0. The Morgan fingerprint density at radius 2 is 1.70 bits per heavy atom. The van der Waals surface area contributed by atoms with Crippen LogP contribution in [0.15, 0.2) is 30.3 Å². The van der Waals surface area contributed by atoms with Crippen LogP contribution in [0.5, 0.6) is 17.2 Å². The zero-order valence-corrected chi connectivity index (χ0v) is 17.6. The Balaban J connectivity index is 1.79. The number of methoxy groups -OCH3 is 3. The summed E-state index contributed by atoms with van der Waals surface area (Å²) < 4.78 is 22.4. The Hall–Kier alpha value is -3.02. The highest BCUT2D eigenvalue weighted by Crippen LogP contribution is 2.49. The zero-order valence-electron chi connectivity index (χ0n) is 17.6. The summed E-state index contributed by atoms with van der Waals surface area (Å²) in [5, 5.41) is 0. The molecule has 0 bridgehead atoms. The van der Waals surface area contributed by atoms with Crippen molar-refractivity contribution in [1.82, 2.24) is 0 Å². The first-order valence-corrected chi connectivity index (χ1v) is 10.2. The largest absolute Gasteiger partial charge is 0.493 e. The fourth-order valence-corrected chi connectivity index (χ4v) is 4.43. The first kappa shape index (κ1) is 20.3. The molecular weight excluding hydrogens is 384 g/mol. The second-order valence-corrected chi connectivity index (χ2v) is 7.85. The van der Waals surface area contributed by atoms with Gasteiger partial charge in [0, 0.05) is 17.5 Å². The molecule has 0 N–H and O–H groups in total. The normalized spacial score (nSPS) is 16.4. The number of esters is 1. The molecule has 6 heteroatoms. The Labute approximate surface area is 176 Å². The maximum atomic E-state index is 12.4. The first-order chi connectivity index (χ1) is 14.5. The van der Waals surface area contributed by atoms with Gasteiger partial charge in [-0.15, -0.1) is 0 Å². The maximum absolute atomic E-state index is 12.4. The summed E-state index contributed by atoms with van der Waals surface area (Å²) in [5.74, 6) is 1.44. The molecule has 6 nitrogen and oxygen atoms in total. The molecule has 2 aliphatic rings. The van der Waals surface area contributed by atoms with Gasteiger partial charge >= 0.3 is 5.97 Å². The SMILES string of the molecule is COC(=O)C1(COc2c(-c3cccc4c3CCC4=O)ccc(OC)c2OC)CCC1. The van der Waals surface area contributed by atoms with Crippen LogP contribution in [-0.4, -0.2) is 39.7 Å². The van der Waals surface area contributed by atoms with Gasteiger partial charge in [0.05, 0.1) is 21.3 Å². The van der Waals surface area contributed by atoms with Crippen molar-refractivity contribution < 1.29 is 28.5 Å². The van der Waals surface area contributed by atoms with E-state index in [0.29, 0.717) is 30.1 Å². The van der Waals surface area contributed by atoms with Gasteiger partial charge in [0.2, 0.25) is 5.75 Å². The zero-order chi connectivity index (χ0) is 21.3. The monoisotopic (exact) mass is 410 g/mol. The number of carbonyl (C=O) groups is 2. The summed E-state index contributed by atoms with van der Waals surface area (Å²) >= 11 is 0. The molecule has 0 spiro atoms. The van der Waals surface area contributed by atoms with E-state index in [0.717, 1.165) is 41.5 Å². The van der Waals surface area contributed by atoms with Crippen molar-refractivity contribution in [3.8, 4) is 28.4 Å². The van der Waals surface area contributed by atoms with Crippen LogP contribution in [-0.2, 0) is 16.0 Å². The second kappa shape index (κ2) is 8.01. The first-order valence-electron chi connectivity index (χ1n) is 10.2. The maximum Gasteiger partial charge on any atom is 0.315 e. The molecule has 4 rings (SSSR count). The molecule has 0 saturated heterocycles. The minimum absolute atomic E-state index is 0.161. The van der Waals surface area contributed by atoms with Crippen molar-refractivity contribution in [2.75, 3.05) is 27.9 Å². The second-order valence-electron chi connectivity index (χ2n) is 7.85. The van der Waals surface area contributed by atoms with Crippen molar-refractivity contribution in [1.29, 1.82) is 0 Å².